The Bertz CT molecular complexity index is 223. The first-order valence-electron chi connectivity index (χ1n) is 4.83. The average Bonchev–Trinajstić information content (AvgIpc) is 2.50. The van der Waals surface area contributed by atoms with E-state index in [1.54, 1.807) is 13.8 Å². The Kier molecular flexibility index (Phi) is 4.70. The SMILES string of the molecule is CC1(C)O[C@H]2O[C@H](CCO)C(O)[C@@H]2O1.[Y]. The molecule has 0 aromatic heterocycles. The Hall–Kier alpha value is 0.904. The molecule has 15 heavy (non-hydrogen) atoms. The zero-order valence-corrected chi connectivity index (χ0v) is 11.8. The van der Waals surface area contributed by atoms with Gasteiger partial charge in [-0.15, -0.1) is 0 Å². The van der Waals surface area contributed by atoms with Crippen LogP contribution in [0.2, 0.25) is 0 Å². The quantitative estimate of drug-likeness (QED) is 0.725. The van der Waals surface area contributed by atoms with Crippen LogP contribution in [0.1, 0.15) is 20.3 Å². The molecule has 2 fully saturated rings. The molecule has 85 valence electrons. The van der Waals surface area contributed by atoms with Crippen LogP contribution >= 0.6 is 0 Å². The molecule has 0 bridgehead atoms. The fraction of sp³-hybridized carbons (Fsp3) is 1.00. The minimum Gasteiger partial charge on any atom is -0.396 e. The second kappa shape index (κ2) is 5.04. The predicted octanol–water partition coefficient (Wildman–Crippen LogP) is -0.396. The summed E-state index contributed by atoms with van der Waals surface area (Å²) in [5.41, 5.74) is 0. The largest absolute Gasteiger partial charge is 0.396 e. The van der Waals surface area contributed by atoms with Crippen molar-refractivity contribution in [3.63, 3.8) is 0 Å². The van der Waals surface area contributed by atoms with Crippen molar-refractivity contribution in [1.29, 1.82) is 0 Å². The smallest absolute Gasteiger partial charge is 0.190 e. The van der Waals surface area contributed by atoms with Crippen molar-refractivity contribution in [2.75, 3.05) is 6.61 Å². The van der Waals surface area contributed by atoms with Crippen LogP contribution in [0.5, 0.6) is 0 Å². The molecular weight excluding hydrogens is 277 g/mol. The Morgan fingerprint density at radius 3 is 2.47 bits per heavy atom. The summed E-state index contributed by atoms with van der Waals surface area (Å²) in [4.78, 5) is 0. The predicted molar refractivity (Wildman–Crippen MR) is 46.4 cm³/mol. The van der Waals surface area contributed by atoms with E-state index >= 15 is 0 Å². The Labute approximate surface area is 114 Å². The van der Waals surface area contributed by atoms with E-state index in [4.69, 9.17) is 19.3 Å². The second-order valence-electron chi connectivity index (χ2n) is 4.15. The summed E-state index contributed by atoms with van der Waals surface area (Å²) in [5, 5.41) is 18.5. The van der Waals surface area contributed by atoms with Gasteiger partial charge < -0.3 is 24.4 Å². The number of hydrogen-bond donors (Lipinski definition) is 2. The van der Waals surface area contributed by atoms with Gasteiger partial charge in [0.25, 0.3) is 0 Å². The van der Waals surface area contributed by atoms with Gasteiger partial charge in [-0.2, -0.15) is 0 Å². The van der Waals surface area contributed by atoms with E-state index in [0.29, 0.717) is 6.42 Å². The maximum absolute atomic E-state index is 9.78. The normalized spacial score (nSPS) is 42.4. The fourth-order valence-electron chi connectivity index (χ4n) is 1.92. The van der Waals surface area contributed by atoms with E-state index in [-0.39, 0.29) is 45.4 Å². The van der Waals surface area contributed by atoms with Gasteiger partial charge in [-0.25, -0.2) is 0 Å². The average molecular weight is 293 g/mol. The second-order valence-corrected chi connectivity index (χ2v) is 4.15. The van der Waals surface area contributed by atoms with E-state index in [2.05, 4.69) is 0 Å². The monoisotopic (exact) mass is 293 g/mol. The molecule has 5 nitrogen and oxygen atoms in total. The topological polar surface area (TPSA) is 68.2 Å². The van der Waals surface area contributed by atoms with Crippen LogP contribution in [-0.4, -0.2) is 47.2 Å². The van der Waals surface area contributed by atoms with Crippen LogP contribution in [0.3, 0.4) is 0 Å². The number of fused-ring (bicyclic) bond motifs is 1. The zero-order valence-electron chi connectivity index (χ0n) is 8.92. The van der Waals surface area contributed by atoms with Gasteiger partial charge in [0.2, 0.25) is 0 Å². The van der Waals surface area contributed by atoms with E-state index in [1.807, 2.05) is 0 Å². The molecule has 0 aromatic rings. The molecule has 1 radical (unpaired) electrons. The third-order valence-electron chi connectivity index (χ3n) is 2.53. The Balaban J connectivity index is 0.00000112. The molecule has 6 heteroatoms. The fourth-order valence-corrected chi connectivity index (χ4v) is 1.92. The first kappa shape index (κ1) is 14.0. The summed E-state index contributed by atoms with van der Waals surface area (Å²) in [5.74, 6) is -0.694. The first-order chi connectivity index (χ1) is 6.53. The Morgan fingerprint density at radius 1 is 1.27 bits per heavy atom. The first-order valence-corrected chi connectivity index (χ1v) is 4.83. The number of aliphatic hydroxyl groups is 2. The maximum atomic E-state index is 9.78. The van der Waals surface area contributed by atoms with Crippen LogP contribution < -0.4 is 0 Å². The molecule has 0 saturated carbocycles. The van der Waals surface area contributed by atoms with Crippen LogP contribution in [-0.2, 0) is 46.9 Å². The van der Waals surface area contributed by atoms with Crippen molar-refractivity contribution in [3.8, 4) is 0 Å². The summed E-state index contributed by atoms with van der Waals surface area (Å²) in [7, 11) is 0. The minimum absolute atomic E-state index is 0. The van der Waals surface area contributed by atoms with Gasteiger partial charge in [0.15, 0.2) is 12.1 Å². The number of hydrogen-bond acceptors (Lipinski definition) is 5. The number of rotatable bonds is 2. The molecule has 0 aromatic carbocycles. The summed E-state index contributed by atoms with van der Waals surface area (Å²) in [6, 6.07) is 0. The molecular formula is C9H16O5Y. The maximum Gasteiger partial charge on any atom is 0.190 e. The van der Waals surface area contributed by atoms with E-state index in [1.165, 1.54) is 0 Å². The molecule has 2 rings (SSSR count). The van der Waals surface area contributed by atoms with Crippen LogP contribution in [0.25, 0.3) is 0 Å². The summed E-state index contributed by atoms with van der Waals surface area (Å²) in [6.45, 7) is 3.55. The molecule has 0 amide bonds. The van der Waals surface area contributed by atoms with Crippen molar-refractivity contribution in [2.45, 2.75) is 50.7 Å². The third-order valence-corrected chi connectivity index (χ3v) is 2.53. The summed E-state index contributed by atoms with van der Waals surface area (Å²) in [6.07, 6.45) is -1.63. The Morgan fingerprint density at radius 2 is 1.93 bits per heavy atom. The van der Waals surface area contributed by atoms with E-state index in [0.717, 1.165) is 0 Å². The van der Waals surface area contributed by atoms with Gasteiger partial charge in [-0.05, 0) is 20.3 Å². The van der Waals surface area contributed by atoms with Gasteiger partial charge in [0, 0.05) is 39.3 Å². The van der Waals surface area contributed by atoms with Crippen molar-refractivity contribution < 1.29 is 57.1 Å². The van der Waals surface area contributed by atoms with Gasteiger partial charge in [0.1, 0.15) is 12.2 Å². The summed E-state index contributed by atoms with van der Waals surface area (Å²) >= 11 is 0. The van der Waals surface area contributed by atoms with Gasteiger partial charge >= 0.3 is 0 Å². The number of aliphatic hydroxyl groups excluding tert-OH is 2. The van der Waals surface area contributed by atoms with Crippen molar-refractivity contribution >= 4 is 0 Å². The van der Waals surface area contributed by atoms with Crippen molar-refractivity contribution in [2.24, 2.45) is 0 Å². The van der Waals surface area contributed by atoms with Crippen LogP contribution in [0, 0.1) is 0 Å². The molecule has 2 aliphatic rings. The van der Waals surface area contributed by atoms with E-state index < -0.39 is 24.3 Å². The van der Waals surface area contributed by atoms with Crippen LogP contribution in [0.4, 0.5) is 0 Å². The summed E-state index contributed by atoms with van der Waals surface area (Å²) < 4.78 is 16.3. The zero-order chi connectivity index (χ0) is 10.3. The molecule has 2 N–H and O–H groups in total. The van der Waals surface area contributed by atoms with Crippen molar-refractivity contribution in [3.05, 3.63) is 0 Å². The number of ether oxygens (including phenoxy) is 3. The van der Waals surface area contributed by atoms with Crippen molar-refractivity contribution in [1.82, 2.24) is 0 Å². The molecule has 2 aliphatic heterocycles. The molecule has 0 aliphatic carbocycles. The van der Waals surface area contributed by atoms with Crippen LogP contribution in [0.15, 0.2) is 0 Å². The van der Waals surface area contributed by atoms with Gasteiger partial charge in [-0.1, -0.05) is 0 Å². The molecule has 4 atom stereocenters. The van der Waals surface area contributed by atoms with E-state index in [9.17, 15) is 5.11 Å². The van der Waals surface area contributed by atoms with Gasteiger partial charge in [-0.3, -0.25) is 0 Å². The third kappa shape index (κ3) is 2.78. The molecule has 2 saturated heterocycles. The molecule has 1 unspecified atom stereocenters. The minimum atomic E-state index is -0.714. The van der Waals surface area contributed by atoms with Gasteiger partial charge in [0.05, 0.1) is 6.10 Å². The molecule has 2 heterocycles. The molecule has 0 spiro atoms. The standard InChI is InChI=1S/C9H16O5.Y/c1-9(2)13-7-6(11)5(3-4-10)12-8(7)14-9;/h5-8,10-11H,3-4H2,1-2H3;/t5-,6?,7+,8-;/m1./s1.